The van der Waals surface area contributed by atoms with E-state index in [0.717, 1.165) is 11.8 Å². The fourth-order valence-corrected chi connectivity index (χ4v) is 5.87. The molecule has 8 nitrogen and oxygen atoms in total. The summed E-state index contributed by atoms with van der Waals surface area (Å²) in [6.07, 6.45) is -0.788. The van der Waals surface area contributed by atoms with Crippen LogP contribution in [0, 0.1) is 0 Å². The lowest BCUT2D eigenvalue weighted by Crippen LogP contribution is -2.62. The molecule has 0 aliphatic carbocycles. The van der Waals surface area contributed by atoms with Gasteiger partial charge in [0, 0.05) is 7.11 Å². The number of rotatable bonds is 12. The summed E-state index contributed by atoms with van der Waals surface area (Å²) in [6.45, 7) is 18.1. The third-order valence-corrected chi connectivity index (χ3v) is 11.7. The van der Waals surface area contributed by atoms with Crippen molar-refractivity contribution in [2.75, 3.05) is 20.2 Å². The molecule has 0 radical (unpaired) electrons. The van der Waals surface area contributed by atoms with E-state index in [9.17, 15) is 8.42 Å². The van der Waals surface area contributed by atoms with E-state index in [0.29, 0.717) is 0 Å². The molecule has 1 aliphatic heterocycles. The highest BCUT2D eigenvalue weighted by molar-refractivity contribution is 7.86. The minimum Gasteiger partial charge on any atom is -0.408 e. The van der Waals surface area contributed by atoms with E-state index in [1.54, 1.807) is 6.08 Å². The van der Waals surface area contributed by atoms with Crippen LogP contribution in [0.4, 0.5) is 0 Å². The van der Waals surface area contributed by atoms with Crippen LogP contribution in [0.25, 0.3) is 0 Å². The van der Waals surface area contributed by atoms with Gasteiger partial charge < -0.3 is 23.4 Å². The van der Waals surface area contributed by atoms with Crippen LogP contribution in [0.1, 0.15) is 52.7 Å². The standard InChI is InChI=1S/C26H44O8SSi/c1-11-15-20(33-35(8,27)28)22(30-18-29-7)23-24(34-36(9,10)25(2,3)4)21(31-26(5,6)32-23)19-16-13-12-14-17-19/h11-14,16-17,20-24H,1,15,18H2,2-10H3/t20-,21+,22-,23-,24+/m0/s1. The summed E-state index contributed by atoms with van der Waals surface area (Å²) in [5.41, 5.74) is 0.928. The van der Waals surface area contributed by atoms with Crippen LogP contribution in [0.3, 0.4) is 0 Å². The summed E-state index contributed by atoms with van der Waals surface area (Å²) >= 11 is 0. The highest BCUT2D eigenvalue weighted by Gasteiger charge is 2.53. The minimum atomic E-state index is -3.81. The molecule has 0 amide bonds. The first-order valence-electron chi connectivity index (χ1n) is 12.2. The van der Waals surface area contributed by atoms with Gasteiger partial charge in [0.15, 0.2) is 14.1 Å². The van der Waals surface area contributed by atoms with Gasteiger partial charge in [-0.1, -0.05) is 57.2 Å². The number of benzene rings is 1. The Kier molecular flexibility index (Phi) is 10.5. The summed E-state index contributed by atoms with van der Waals surface area (Å²) in [7, 11) is -4.67. The average molecular weight is 545 g/mol. The molecule has 0 aromatic heterocycles. The Morgan fingerprint density at radius 1 is 1.17 bits per heavy atom. The zero-order chi connectivity index (χ0) is 27.4. The second-order valence-corrected chi connectivity index (χ2v) is 17.5. The monoisotopic (exact) mass is 544 g/mol. The highest BCUT2D eigenvalue weighted by Crippen LogP contribution is 2.45. The molecule has 5 atom stereocenters. The Labute approximate surface area is 218 Å². The second kappa shape index (κ2) is 12.2. The minimum absolute atomic E-state index is 0.0879. The van der Waals surface area contributed by atoms with E-state index in [4.69, 9.17) is 27.6 Å². The molecule has 0 bridgehead atoms. The lowest BCUT2D eigenvalue weighted by Gasteiger charge is -2.52. The highest BCUT2D eigenvalue weighted by atomic mass is 32.2. The normalized spacial score (nSPS) is 24.8. The number of ether oxygens (including phenoxy) is 4. The molecule has 0 unspecified atom stereocenters. The molecule has 1 aromatic rings. The van der Waals surface area contributed by atoms with Crippen molar-refractivity contribution in [3.8, 4) is 0 Å². The molecular formula is C26H44O8SSi. The Balaban J connectivity index is 2.68. The smallest absolute Gasteiger partial charge is 0.264 e. The van der Waals surface area contributed by atoms with Gasteiger partial charge in [-0.25, -0.2) is 0 Å². The summed E-state index contributed by atoms with van der Waals surface area (Å²) in [5, 5.41) is -0.0988. The summed E-state index contributed by atoms with van der Waals surface area (Å²) in [4.78, 5) is 0. The number of methoxy groups -OCH3 is 1. The second-order valence-electron chi connectivity index (χ2n) is 11.2. The summed E-state index contributed by atoms with van der Waals surface area (Å²) < 4.78 is 61.1. The Bertz CT molecular complexity index is 942. The molecule has 1 fully saturated rings. The van der Waals surface area contributed by atoms with Crippen molar-refractivity contribution in [3.05, 3.63) is 48.6 Å². The largest absolute Gasteiger partial charge is 0.408 e. The molecular weight excluding hydrogens is 500 g/mol. The SMILES string of the molecule is C=CC[C@H](OS(C)(=O)=O)[C@H](OCOC)[C@@H]1OC(C)(C)O[C@H](c2ccccc2)[C@H]1O[Si](C)(C)C(C)(C)C. The van der Waals surface area contributed by atoms with E-state index < -0.39 is 54.7 Å². The lowest BCUT2D eigenvalue weighted by atomic mass is 9.92. The molecule has 0 spiro atoms. The van der Waals surface area contributed by atoms with Crippen molar-refractivity contribution in [3.63, 3.8) is 0 Å². The Morgan fingerprint density at radius 2 is 1.78 bits per heavy atom. The molecule has 0 saturated carbocycles. The first kappa shape index (κ1) is 31.1. The first-order chi connectivity index (χ1) is 16.5. The van der Waals surface area contributed by atoms with Gasteiger partial charge in [0.05, 0.1) is 6.26 Å². The van der Waals surface area contributed by atoms with Crippen LogP contribution in [0.15, 0.2) is 43.0 Å². The number of hydrogen-bond acceptors (Lipinski definition) is 8. The van der Waals surface area contributed by atoms with Crippen molar-refractivity contribution < 1.29 is 36.0 Å². The Hall–Kier alpha value is -1.11. The molecule has 10 heteroatoms. The quantitative estimate of drug-likeness (QED) is 0.154. The summed E-state index contributed by atoms with van der Waals surface area (Å²) in [5.74, 6) is -1.02. The van der Waals surface area contributed by atoms with Crippen LogP contribution in [-0.4, -0.2) is 67.1 Å². The van der Waals surface area contributed by atoms with Gasteiger partial charge in [0.25, 0.3) is 10.1 Å². The maximum absolute atomic E-state index is 12.2. The molecule has 2 rings (SSSR count). The topological polar surface area (TPSA) is 89.5 Å². The van der Waals surface area contributed by atoms with Gasteiger partial charge in [-0.3, -0.25) is 4.18 Å². The van der Waals surface area contributed by atoms with Gasteiger partial charge >= 0.3 is 0 Å². The van der Waals surface area contributed by atoms with E-state index in [1.165, 1.54) is 7.11 Å². The van der Waals surface area contributed by atoms with Crippen molar-refractivity contribution in [2.45, 2.75) is 95.5 Å². The predicted molar refractivity (Wildman–Crippen MR) is 143 cm³/mol. The predicted octanol–water partition coefficient (Wildman–Crippen LogP) is 5.18. The van der Waals surface area contributed by atoms with Crippen LogP contribution < -0.4 is 0 Å². The van der Waals surface area contributed by atoms with Crippen molar-refractivity contribution >= 4 is 18.4 Å². The van der Waals surface area contributed by atoms with E-state index in [-0.39, 0.29) is 18.3 Å². The first-order valence-corrected chi connectivity index (χ1v) is 16.9. The van der Waals surface area contributed by atoms with Gasteiger partial charge in [-0.05, 0) is 44.0 Å². The van der Waals surface area contributed by atoms with Crippen LogP contribution >= 0.6 is 0 Å². The zero-order valence-corrected chi connectivity index (χ0v) is 25.0. The third kappa shape index (κ3) is 8.46. The molecule has 1 saturated heterocycles. The zero-order valence-electron chi connectivity index (χ0n) is 23.1. The molecule has 206 valence electrons. The lowest BCUT2D eigenvalue weighted by molar-refractivity contribution is -0.353. The number of hydrogen-bond donors (Lipinski definition) is 0. The maximum atomic E-state index is 12.2. The molecule has 1 aliphatic rings. The van der Waals surface area contributed by atoms with Crippen LogP contribution in [0.2, 0.25) is 18.1 Å². The van der Waals surface area contributed by atoms with Crippen molar-refractivity contribution in [2.24, 2.45) is 0 Å². The fourth-order valence-electron chi connectivity index (χ4n) is 3.95. The maximum Gasteiger partial charge on any atom is 0.264 e. The Morgan fingerprint density at radius 3 is 2.28 bits per heavy atom. The van der Waals surface area contributed by atoms with Crippen molar-refractivity contribution in [1.82, 2.24) is 0 Å². The van der Waals surface area contributed by atoms with Crippen LogP contribution in [-0.2, 0) is 37.7 Å². The van der Waals surface area contributed by atoms with E-state index in [2.05, 4.69) is 40.4 Å². The van der Waals surface area contributed by atoms with E-state index in [1.807, 2.05) is 44.2 Å². The van der Waals surface area contributed by atoms with Crippen LogP contribution in [0.5, 0.6) is 0 Å². The average Bonchev–Trinajstić information content (AvgIpc) is 2.74. The summed E-state index contributed by atoms with van der Waals surface area (Å²) in [6, 6.07) is 9.83. The van der Waals surface area contributed by atoms with Gasteiger partial charge in [0.2, 0.25) is 0 Å². The fraction of sp³-hybridized carbons (Fsp3) is 0.692. The van der Waals surface area contributed by atoms with E-state index >= 15 is 0 Å². The third-order valence-electron chi connectivity index (χ3n) is 6.58. The molecule has 1 heterocycles. The van der Waals surface area contributed by atoms with Gasteiger partial charge in [-0.15, -0.1) is 6.58 Å². The molecule has 1 aromatic carbocycles. The molecule has 36 heavy (non-hydrogen) atoms. The van der Waals surface area contributed by atoms with Gasteiger partial charge in [0.1, 0.15) is 37.3 Å². The molecule has 0 N–H and O–H groups in total. The van der Waals surface area contributed by atoms with Crippen molar-refractivity contribution in [1.29, 1.82) is 0 Å². The van der Waals surface area contributed by atoms with Gasteiger partial charge in [-0.2, -0.15) is 8.42 Å².